The SMILES string of the molecule is CCc1ccc2c(c1)c(=O)c(C(=O)c1ccc(F)cc1)cn2CC(=O)Nc1ccccc1C. The lowest BCUT2D eigenvalue weighted by atomic mass is 10.0. The fourth-order valence-corrected chi connectivity index (χ4v) is 3.77. The molecule has 4 aromatic rings. The minimum absolute atomic E-state index is 0.0638. The number of anilines is 1. The molecule has 0 atom stereocenters. The largest absolute Gasteiger partial charge is 0.337 e. The van der Waals surface area contributed by atoms with Gasteiger partial charge < -0.3 is 9.88 Å². The number of para-hydroxylation sites is 1. The van der Waals surface area contributed by atoms with Crippen molar-refractivity contribution in [3.05, 3.63) is 111 Å². The van der Waals surface area contributed by atoms with E-state index in [1.165, 1.54) is 30.5 Å². The van der Waals surface area contributed by atoms with Crippen molar-refractivity contribution in [2.45, 2.75) is 26.8 Å². The molecule has 1 amide bonds. The highest BCUT2D eigenvalue weighted by Crippen LogP contribution is 2.18. The number of carbonyl (C=O) groups excluding carboxylic acids is 2. The number of nitrogens with zero attached hydrogens (tertiary/aromatic N) is 1. The van der Waals surface area contributed by atoms with E-state index in [-0.39, 0.29) is 23.6 Å². The molecule has 166 valence electrons. The highest BCUT2D eigenvalue weighted by molar-refractivity contribution is 6.10. The van der Waals surface area contributed by atoms with Gasteiger partial charge in [0.1, 0.15) is 12.4 Å². The molecule has 1 heterocycles. The summed E-state index contributed by atoms with van der Waals surface area (Å²) in [5.74, 6) is -1.27. The normalized spacial score (nSPS) is 10.9. The zero-order valence-electron chi connectivity index (χ0n) is 18.4. The van der Waals surface area contributed by atoms with Crippen molar-refractivity contribution in [3.63, 3.8) is 0 Å². The second-order valence-electron chi connectivity index (χ2n) is 7.90. The Morgan fingerprint density at radius 3 is 2.42 bits per heavy atom. The van der Waals surface area contributed by atoms with Gasteiger partial charge >= 0.3 is 0 Å². The molecule has 0 saturated carbocycles. The van der Waals surface area contributed by atoms with Crippen LogP contribution < -0.4 is 10.7 Å². The molecule has 0 radical (unpaired) electrons. The van der Waals surface area contributed by atoms with E-state index in [9.17, 15) is 18.8 Å². The maximum Gasteiger partial charge on any atom is 0.244 e. The van der Waals surface area contributed by atoms with Crippen LogP contribution in [0.25, 0.3) is 10.9 Å². The second kappa shape index (κ2) is 9.20. The Morgan fingerprint density at radius 2 is 1.73 bits per heavy atom. The third kappa shape index (κ3) is 4.60. The highest BCUT2D eigenvalue weighted by atomic mass is 19.1. The molecular formula is C27H23FN2O3. The van der Waals surface area contributed by atoms with Gasteiger partial charge in [-0.1, -0.05) is 31.2 Å². The third-order valence-electron chi connectivity index (χ3n) is 5.64. The molecule has 4 rings (SSSR count). The first kappa shape index (κ1) is 22.1. The number of nitrogens with one attached hydrogen (secondary N) is 1. The summed E-state index contributed by atoms with van der Waals surface area (Å²) < 4.78 is 14.9. The number of aromatic nitrogens is 1. The van der Waals surface area contributed by atoms with Gasteiger partial charge in [-0.2, -0.15) is 0 Å². The standard InChI is InChI=1S/C27H23FN2O3/c1-3-18-8-13-24-21(14-18)27(33)22(26(32)19-9-11-20(28)12-10-19)15-30(24)16-25(31)29-23-7-5-4-6-17(23)2/h4-15H,3,16H2,1-2H3,(H,29,31). The van der Waals surface area contributed by atoms with E-state index in [1.807, 2.05) is 44.2 Å². The van der Waals surface area contributed by atoms with E-state index in [2.05, 4.69) is 5.32 Å². The van der Waals surface area contributed by atoms with Crippen molar-refractivity contribution in [2.24, 2.45) is 0 Å². The van der Waals surface area contributed by atoms with Crippen molar-refractivity contribution in [1.82, 2.24) is 4.57 Å². The minimum Gasteiger partial charge on any atom is -0.337 e. The van der Waals surface area contributed by atoms with Crippen molar-refractivity contribution in [3.8, 4) is 0 Å². The zero-order chi connectivity index (χ0) is 23.5. The van der Waals surface area contributed by atoms with Crippen LogP contribution in [-0.2, 0) is 17.8 Å². The fraction of sp³-hybridized carbons (Fsp3) is 0.148. The van der Waals surface area contributed by atoms with Crippen LogP contribution in [0.4, 0.5) is 10.1 Å². The van der Waals surface area contributed by atoms with Crippen LogP contribution in [0, 0.1) is 12.7 Å². The van der Waals surface area contributed by atoms with E-state index < -0.39 is 17.0 Å². The number of carbonyl (C=O) groups is 2. The number of amides is 1. The van der Waals surface area contributed by atoms with Crippen LogP contribution in [0.2, 0.25) is 0 Å². The van der Waals surface area contributed by atoms with Crippen LogP contribution in [-0.4, -0.2) is 16.3 Å². The van der Waals surface area contributed by atoms with Crippen molar-refractivity contribution in [1.29, 1.82) is 0 Å². The summed E-state index contributed by atoms with van der Waals surface area (Å²) >= 11 is 0. The molecule has 0 bridgehead atoms. The predicted octanol–water partition coefficient (Wildman–Crippen LogP) is 4.88. The number of ketones is 1. The van der Waals surface area contributed by atoms with Gasteiger partial charge in [0.25, 0.3) is 0 Å². The maximum absolute atomic E-state index is 13.3. The van der Waals surface area contributed by atoms with E-state index in [4.69, 9.17) is 0 Å². The van der Waals surface area contributed by atoms with Crippen molar-refractivity contribution >= 4 is 28.3 Å². The molecule has 5 nitrogen and oxygen atoms in total. The Bertz CT molecular complexity index is 1420. The van der Waals surface area contributed by atoms with E-state index in [0.29, 0.717) is 16.6 Å². The molecule has 0 unspecified atom stereocenters. The first-order valence-corrected chi connectivity index (χ1v) is 10.7. The smallest absolute Gasteiger partial charge is 0.244 e. The highest BCUT2D eigenvalue weighted by Gasteiger charge is 2.19. The van der Waals surface area contributed by atoms with Gasteiger partial charge in [0, 0.05) is 22.8 Å². The van der Waals surface area contributed by atoms with Crippen LogP contribution >= 0.6 is 0 Å². The summed E-state index contributed by atoms with van der Waals surface area (Å²) in [6.07, 6.45) is 2.14. The van der Waals surface area contributed by atoms with Gasteiger partial charge in [-0.3, -0.25) is 14.4 Å². The predicted molar refractivity (Wildman–Crippen MR) is 127 cm³/mol. The summed E-state index contributed by atoms with van der Waals surface area (Å²) in [5.41, 5.74) is 2.86. The minimum atomic E-state index is -0.517. The number of rotatable bonds is 6. The van der Waals surface area contributed by atoms with E-state index in [0.717, 1.165) is 17.5 Å². The molecule has 33 heavy (non-hydrogen) atoms. The summed E-state index contributed by atoms with van der Waals surface area (Å²) in [6, 6.07) is 17.9. The monoisotopic (exact) mass is 442 g/mol. The quantitative estimate of drug-likeness (QED) is 0.433. The molecule has 6 heteroatoms. The number of benzene rings is 3. The van der Waals surface area contributed by atoms with E-state index >= 15 is 0 Å². The van der Waals surface area contributed by atoms with Crippen LogP contribution in [0.3, 0.4) is 0 Å². The topological polar surface area (TPSA) is 68.2 Å². The lowest BCUT2D eigenvalue weighted by Gasteiger charge is -2.15. The molecule has 3 aromatic carbocycles. The van der Waals surface area contributed by atoms with Gasteiger partial charge in [-0.05, 0) is 66.9 Å². The first-order valence-electron chi connectivity index (χ1n) is 10.7. The van der Waals surface area contributed by atoms with Gasteiger partial charge in [0.05, 0.1) is 11.1 Å². The molecule has 0 fully saturated rings. The second-order valence-corrected chi connectivity index (χ2v) is 7.90. The average Bonchev–Trinajstić information content (AvgIpc) is 2.82. The van der Waals surface area contributed by atoms with Gasteiger partial charge in [0.15, 0.2) is 5.78 Å². The Morgan fingerprint density at radius 1 is 1.00 bits per heavy atom. The summed E-state index contributed by atoms with van der Waals surface area (Å²) in [4.78, 5) is 39.2. The fourth-order valence-electron chi connectivity index (χ4n) is 3.77. The zero-order valence-corrected chi connectivity index (χ0v) is 18.4. The maximum atomic E-state index is 13.3. The van der Waals surface area contributed by atoms with Crippen molar-refractivity contribution in [2.75, 3.05) is 5.32 Å². The van der Waals surface area contributed by atoms with Gasteiger partial charge in [-0.25, -0.2) is 4.39 Å². The molecule has 0 spiro atoms. The average molecular weight is 442 g/mol. The lowest BCUT2D eigenvalue weighted by molar-refractivity contribution is -0.116. The van der Waals surface area contributed by atoms with Crippen molar-refractivity contribution < 1.29 is 14.0 Å². The van der Waals surface area contributed by atoms with Crippen LogP contribution in [0.1, 0.15) is 34.0 Å². The molecule has 0 aliphatic rings. The molecule has 0 aliphatic carbocycles. The molecule has 1 N–H and O–H groups in total. The summed E-state index contributed by atoms with van der Waals surface area (Å²) in [5, 5.41) is 3.25. The number of halogens is 1. The van der Waals surface area contributed by atoms with Gasteiger partial charge in [-0.15, -0.1) is 0 Å². The Hall–Kier alpha value is -4.06. The summed E-state index contributed by atoms with van der Waals surface area (Å²) in [6.45, 7) is 3.79. The Labute approximate surface area is 190 Å². The molecule has 0 aliphatic heterocycles. The Balaban J connectivity index is 1.79. The van der Waals surface area contributed by atoms with Crippen LogP contribution in [0.15, 0.2) is 77.7 Å². The third-order valence-corrected chi connectivity index (χ3v) is 5.64. The number of aryl methyl sites for hydroxylation is 2. The number of hydrogen-bond donors (Lipinski definition) is 1. The van der Waals surface area contributed by atoms with Gasteiger partial charge in [0.2, 0.25) is 11.3 Å². The van der Waals surface area contributed by atoms with E-state index in [1.54, 1.807) is 16.7 Å². The van der Waals surface area contributed by atoms with Crippen LogP contribution in [0.5, 0.6) is 0 Å². The molecule has 1 aromatic heterocycles. The Kier molecular flexibility index (Phi) is 6.18. The number of hydrogen-bond acceptors (Lipinski definition) is 3. The number of pyridine rings is 1. The lowest BCUT2D eigenvalue weighted by Crippen LogP contribution is -2.24. The first-order chi connectivity index (χ1) is 15.9. The number of fused-ring (bicyclic) bond motifs is 1. The molecule has 0 saturated heterocycles. The summed E-state index contributed by atoms with van der Waals surface area (Å²) in [7, 11) is 0. The molecular weight excluding hydrogens is 419 g/mol.